The average molecular weight is 216 g/mol. The highest BCUT2D eigenvalue weighted by molar-refractivity contribution is 5.83. The molecule has 2 aliphatic heterocycles. The minimum Gasteiger partial charge on any atom is -0.477 e. The van der Waals surface area contributed by atoms with E-state index in [-0.39, 0.29) is 6.04 Å². The predicted molar refractivity (Wildman–Crippen MR) is 63.6 cm³/mol. The molecule has 1 saturated heterocycles. The maximum Gasteiger partial charge on any atom is 0.201 e. The zero-order chi connectivity index (χ0) is 10.8. The van der Waals surface area contributed by atoms with Crippen molar-refractivity contribution < 1.29 is 4.74 Å². The summed E-state index contributed by atoms with van der Waals surface area (Å²) in [5.41, 5.74) is 1.25. The number of hydrogen-bond acceptors (Lipinski definition) is 3. The molecule has 0 aromatic heterocycles. The first-order chi connectivity index (χ1) is 7.93. The monoisotopic (exact) mass is 216 g/mol. The van der Waals surface area contributed by atoms with E-state index in [0.29, 0.717) is 12.6 Å². The number of rotatable bonds is 2. The lowest BCUT2D eigenvalue weighted by atomic mass is 10.1. The first-order valence-corrected chi connectivity index (χ1v) is 5.92. The van der Waals surface area contributed by atoms with Crippen molar-refractivity contribution in [1.29, 1.82) is 0 Å². The third kappa shape index (κ3) is 1.83. The summed E-state index contributed by atoms with van der Waals surface area (Å²) in [5.74, 6) is 0.909. The highest BCUT2D eigenvalue weighted by Crippen LogP contribution is 2.24. The molecule has 1 aromatic carbocycles. The molecule has 3 heteroatoms. The van der Waals surface area contributed by atoms with Crippen LogP contribution in [0.4, 0.5) is 0 Å². The maximum atomic E-state index is 5.69. The van der Waals surface area contributed by atoms with Crippen LogP contribution in [0.5, 0.6) is 0 Å². The van der Waals surface area contributed by atoms with Crippen molar-refractivity contribution in [3.05, 3.63) is 35.9 Å². The molecule has 2 aliphatic rings. The Kier molecular flexibility index (Phi) is 2.62. The molecule has 16 heavy (non-hydrogen) atoms. The molecule has 0 spiro atoms. The fourth-order valence-corrected chi connectivity index (χ4v) is 2.32. The van der Waals surface area contributed by atoms with E-state index in [1.54, 1.807) is 0 Å². The number of nitrogens with zero attached hydrogens (tertiary/aromatic N) is 1. The molecule has 0 radical (unpaired) electrons. The lowest BCUT2D eigenvalue weighted by Gasteiger charge is -2.08. The Balaban J connectivity index is 1.75. The smallest absolute Gasteiger partial charge is 0.201 e. The molecular formula is C13H16N2O. The number of nitrogens with one attached hydrogen (secondary N) is 1. The lowest BCUT2D eigenvalue weighted by Crippen LogP contribution is -2.30. The van der Waals surface area contributed by atoms with Crippen LogP contribution < -0.4 is 5.32 Å². The van der Waals surface area contributed by atoms with Gasteiger partial charge in [-0.3, -0.25) is 0 Å². The number of aliphatic imine (C=N–C) groups is 1. The van der Waals surface area contributed by atoms with Crippen LogP contribution in [0.3, 0.4) is 0 Å². The van der Waals surface area contributed by atoms with E-state index >= 15 is 0 Å². The summed E-state index contributed by atoms with van der Waals surface area (Å²) in [6.07, 6.45) is 2.38. The third-order valence-electron chi connectivity index (χ3n) is 3.21. The summed E-state index contributed by atoms with van der Waals surface area (Å²) in [5, 5.41) is 3.41. The minimum atomic E-state index is 0.193. The van der Waals surface area contributed by atoms with E-state index in [0.717, 1.165) is 18.9 Å². The van der Waals surface area contributed by atoms with Gasteiger partial charge < -0.3 is 10.1 Å². The van der Waals surface area contributed by atoms with Gasteiger partial charge in [-0.1, -0.05) is 30.3 Å². The van der Waals surface area contributed by atoms with Crippen LogP contribution >= 0.6 is 0 Å². The number of benzene rings is 1. The van der Waals surface area contributed by atoms with E-state index in [2.05, 4.69) is 34.6 Å². The maximum absolute atomic E-state index is 5.69. The highest BCUT2D eigenvalue weighted by atomic mass is 16.5. The number of hydrogen-bond donors (Lipinski definition) is 1. The fourth-order valence-electron chi connectivity index (χ4n) is 2.32. The normalized spacial score (nSPS) is 28.9. The quantitative estimate of drug-likeness (QED) is 0.819. The van der Waals surface area contributed by atoms with E-state index in [4.69, 9.17) is 4.74 Å². The Morgan fingerprint density at radius 2 is 2.12 bits per heavy atom. The third-order valence-corrected chi connectivity index (χ3v) is 3.21. The van der Waals surface area contributed by atoms with Gasteiger partial charge in [0.15, 0.2) is 0 Å². The fraction of sp³-hybridized carbons (Fsp3) is 0.462. The van der Waals surface area contributed by atoms with Gasteiger partial charge in [-0.15, -0.1) is 0 Å². The largest absolute Gasteiger partial charge is 0.477 e. The zero-order valence-corrected chi connectivity index (χ0v) is 9.23. The molecule has 3 nitrogen and oxygen atoms in total. The second-order valence-electron chi connectivity index (χ2n) is 4.35. The van der Waals surface area contributed by atoms with Crippen LogP contribution in [0.2, 0.25) is 0 Å². The van der Waals surface area contributed by atoms with Crippen LogP contribution in [-0.2, 0) is 4.74 Å². The Morgan fingerprint density at radius 1 is 1.25 bits per heavy atom. The predicted octanol–water partition coefficient (Wildman–Crippen LogP) is 1.91. The molecule has 0 bridgehead atoms. The summed E-state index contributed by atoms with van der Waals surface area (Å²) < 4.78 is 5.69. The lowest BCUT2D eigenvalue weighted by molar-refractivity contribution is 0.304. The van der Waals surface area contributed by atoms with Crippen molar-refractivity contribution >= 4 is 5.90 Å². The highest BCUT2D eigenvalue weighted by Gasteiger charge is 2.28. The second kappa shape index (κ2) is 4.26. The molecule has 3 rings (SSSR count). The second-order valence-corrected chi connectivity index (χ2v) is 4.35. The van der Waals surface area contributed by atoms with Crippen molar-refractivity contribution in [3.63, 3.8) is 0 Å². The van der Waals surface area contributed by atoms with Gasteiger partial charge in [0.1, 0.15) is 12.6 Å². The van der Waals surface area contributed by atoms with Crippen LogP contribution in [-0.4, -0.2) is 25.1 Å². The molecule has 2 atom stereocenters. The molecule has 0 unspecified atom stereocenters. The molecule has 0 saturated carbocycles. The van der Waals surface area contributed by atoms with Gasteiger partial charge in [-0.2, -0.15) is 0 Å². The van der Waals surface area contributed by atoms with Crippen LogP contribution in [0.1, 0.15) is 24.4 Å². The van der Waals surface area contributed by atoms with E-state index in [1.807, 2.05) is 6.07 Å². The van der Waals surface area contributed by atoms with Gasteiger partial charge in [0.05, 0.1) is 6.04 Å². The summed E-state index contributed by atoms with van der Waals surface area (Å²) in [6.45, 7) is 1.78. The van der Waals surface area contributed by atoms with Crippen molar-refractivity contribution in [2.75, 3.05) is 13.2 Å². The molecule has 84 valence electrons. The Morgan fingerprint density at radius 3 is 2.88 bits per heavy atom. The molecule has 1 fully saturated rings. The first-order valence-electron chi connectivity index (χ1n) is 5.92. The van der Waals surface area contributed by atoms with Crippen LogP contribution in [0.25, 0.3) is 0 Å². The van der Waals surface area contributed by atoms with Crippen molar-refractivity contribution in [1.82, 2.24) is 5.32 Å². The van der Waals surface area contributed by atoms with Crippen molar-refractivity contribution in [2.45, 2.75) is 24.9 Å². The Bertz CT molecular complexity index is 382. The molecular weight excluding hydrogens is 200 g/mol. The molecule has 0 amide bonds. The van der Waals surface area contributed by atoms with Crippen LogP contribution in [0.15, 0.2) is 35.3 Å². The van der Waals surface area contributed by atoms with E-state index in [9.17, 15) is 0 Å². The molecule has 1 aromatic rings. The van der Waals surface area contributed by atoms with Gasteiger partial charge in [0, 0.05) is 0 Å². The van der Waals surface area contributed by atoms with E-state index < -0.39 is 0 Å². The summed E-state index contributed by atoms with van der Waals surface area (Å²) >= 11 is 0. The molecule has 2 heterocycles. The van der Waals surface area contributed by atoms with Crippen molar-refractivity contribution in [3.8, 4) is 0 Å². The first kappa shape index (κ1) is 9.85. The molecule has 0 aliphatic carbocycles. The summed E-state index contributed by atoms with van der Waals surface area (Å²) in [4.78, 5) is 4.67. The topological polar surface area (TPSA) is 33.6 Å². The summed E-state index contributed by atoms with van der Waals surface area (Å²) in [6, 6.07) is 10.9. The van der Waals surface area contributed by atoms with E-state index in [1.165, 1.54) is 12.0 Å². The van der Waals surface area contributed by atoms with Gasteiger partial charge >= 0.3 is 0 Å². The summed E-state index contributed by atoms with van der Waals surface area (Å²) in [7, 11) is 0. The number of ether oxygens (including phenoxy) is 1. The standard InChI is InChI=1S/C13H16N2O/c1-2-5-10(6-3-1)12-9-16-13(15-12)11-7-4-8-14-11/h1-3,5-6,11-12,14H,4,7-9H2/t11-,12-/m0/s1. The molecule has 1 N–H and O–H groups in total. The zero-order valence-electron chi connectivity index (χ0n) is 9.23. The van der Waals surface area contributed by atoms with Gasteiger partial charge in [0.25, 0.3) is 0 Å². The van der Waals surface area contributed by atoms with Gasteiger partial charge in [0.2, 0.25) is 5.90 Å². The Hall–Kier alpha value is -1.35. The van der Waals surface area contributed by atoms with Crippen LogP contribution in [0, 0.1) is 0 Å². The minimum absolute atomic E-state index is 0.193. The van der Waals surface area contributed by atoms with Crippen molar-refractivity contribution in [2.24, 2.45) is 4.99 Å². The SMILES string of the molecule is c1ccc([C@@H]2COC([C@@H]3CCCN3)=N2)cc1. The Labute approximate surface area is 95.5 Å². The average Bonchev–Trinajstić information content (AvgIpc) is 3.01. The van der Waals surface area contributed by atoms with Gasteiger partial charge in [-0.25, -0.2) is 4.99 Å². The van der Waals surface area contributed by atoms with Gasteiger partial charge in [-0.05, 0) is 24.9 Å².